The van der Waals surface area contributed by atoms with E-state index in [1.807, 2.05) is 109 Å². The van der Waals surface area contributed by atoms with Crippen molar-refractivity contribution in [2.75, 3.05) is 9.80 Å². The van der Waals surface area contributed by atoms with Crippen LogP contribution in [0.3, 0.4) is 0 Å². The lowest BCUT2D eigenvalue weighted by Gasteiger charge is -2.36. The Morgan fingerprint density at radius 2 is 0.490 bits per heavy atom. The highest BCUT2D eigenvalue weighted by Gasteiger charge is 2.54. The summed E-state index contributed by atoms with van der Waals surface area (Å²) in [6.45, 7) is 7.97. The van der Waals surface area contributed by atoms with Crippen molar-refractivity contribution >= 4 is 112 Å². The molecule has 0 radical (unpaired) electrons. The number of fused-ring (bicyclic) bond motifs is 24. The van der Waals surface area contributed by atoms with Gasteiger partial charge in [-0.1, -0.05) is 304 Å². The molecule has 1 spiro atoms. The summed E-state index contributed by atoms with van der Waals surface area (Å²) in [6.07, 6.45) is 3.65. The summed E-state index contributed by atoms with van der Waals surface area (Å²) in [6, 6.07) is 168. The van der Waals surface area contributed by atoms with Gasteiger partial charge < -0.3 is 28.1 Å². The van der Waals surface area contributed by atoms with Gasteiger partial charge in [0.1, 0.15) is 57.0 Å². The molecule has 2 aromatic heterocycles. The van der Waals surface area contributed by atoms with Crippen LogP contribution in [0.5, 0.6) is 23.0 Å². The lowest BCUT2D eigenvalue weighted by Crippen LogP contribution is -2.29. The van der Waals surface area contributed by atoms with Crippen LogP contribution in [-0.2, 0) is 16.2 Å². The zero-order chi connectivity index (χ0) is 94.9. The molecule has 6 nitrogen and oxygen atoms in total. The first-order chi connectivity index (χ1) is 70.5. The Bertz CT molecular complexity index is 8850. The molecule has 2 unspecified atom stereocenters. The standard InChI is InChI=1S/C135H84F2N2O4/c1-3-83-29-61-105(62-30-83)140-107-65-45-95(46-66-107)133(93-41-49-97(136)50-42-93)121-23-11-5-17-109(121)113-69-57-101(79-125(113)133)138(99-53-37-85(38-54-99)87-33-35-89-77-131-119(75-91(89)73-87)117-21-9-15-27-129(117)142-131)103-59-71-115-111-19-7-13-25-123(111)135(127(115)81-103)124-26-14-8-20-112(124)116-72-60-104(82-128(116)135)139(100-55-39-86(40-56-100)88-34-36-90-78-132-120(76-92(90)74-88)118-22-10-16-28-130(118)143-132)102-58-70-114-110-18-6-12-24-122(110)134(126(114)80-102,94-43-51-98(137)52-44-94)96-47-67-108(68-48-96)141-106-63-31-84(4-2)32-64-106/h3-82H,1-2H2. The second kappa shape index (κ2) is 32.3. The van der Waals surface area contributed by atoms with Crippen LogP contribution < -0.4 is 19.3 Å². The lowest BCUT2D eigenvalue weighted by atomic mass is 9.67. The van der Waals surface area contributed by atoms with Crippen molar-refractivity contribution in [2.24, 2.45) is 0 Å². The molecule has 143 heavy (non-hydrogen) atoms. The van der Waals surface area contributed by atoms with Gasteiger partial charge in [0, 0.05) is 55.7 Å². The summed E-state index contributed by atoms with van der Waals surface area (Å²) in [4.78, 5) is 4.89. The van der Waals surface area contributed by atoms with Gasteiger partial charge in [0.25, 0.3) is 0 Å². The minimum atomic E-state index is -0.963. The molecule has 0 fully saturated rings. The molecule has 0 amide bonds. The fraction of sp³-hybridized carbons (Fsp3) is 0.0222. The Balaban J connectivity index is 0.639. The Labute approximate surface area is 824 Å². The fourth-order valence-electron chi connectivity index (χ4n) is 24.1. The maximum atomic E-state index is 15.9. The van der Waals surface area contributed by atoms with E-state index in [0.717, 1.165) is 233 Å². The Hall–Kier alpha value is -18.5. The quantitative estimate of drug-likeness (QED) is 0.0853. The number of ether oxygens (including phenoxy) is 2. The number of rotatable bonds is 18. The van der Waals surface area contributed by atoms with Gasteiger partial charge >= 0.3 is 0 Å². The highest BCUT2D eigenvalue weighted by molar-refractivity contribution is 6.13. The molecule has 0 saturated heterocycles. The van der Waals surface area contributed by atoms with E-state index in [9.17, 15) is 0 Å². The van der Waals surface area contributed by atoms with Crippen LogP contribution in [0.25, 0.3) is 144 Å². The molecular formula is C135H84F2N2O4. The van der Waals surface area contributed by atoms with E-state index in [1.54, 1.807) is 24.3 Å². The predicted molar refractivity (Wildman–Crippen MR) is 580 cm³/mol. The molecule has 4 aliphatic carbocycles. The smallest absolute Gasteiger partial charge is 0.136 e. The number of hydrogen-bond donors (Lipinski definition) is 0. The van der Waals surface area contributed by atoms with E-state index < -0.39 is 16.2 Å². The molecule has 4 aliphatic rings. The summed E-state index contributed by atoms with van der Waals surface area (Å²) in [5.41, 5.74) is 34.1. The first-order valence-corrected chi connectivity index (χ1v) is 48.5. The number of halogens is 2. The second-order valence-corrected chi connectivity index (χ2v) is 37.9. The summed E-state index contributed by atoms with van der Waals surface area (Å²) in [5, 5.41) is 8.77. The van der Waals surface area contributed by atoms with E-state index in [-0.39, 0.29) is 11.6 Å². The van der Waals surface area contributed by atoms with Crippen molar-refractivity contribution in [3.05, 3.63) is 576 Å². The van der Waals surface area contributed by atoms with Crippen LogP contribution in [0, 0.1) is 11.6 Å². The summed E-state index contributed by atoms with van der Waals surface area (Å²) < 4.78 is 57.8. The molecule has 22 aromatic carbocycles. The molecule has 0 bridgehead atoms. The molecule has 0 aliphatic heterocycles. The zero-order valence-electron chi connectivity index (χ0n) is 77.4. The Morgan fingerprint density at radius 1 is 0.210 bits per heavy atom. The van der Waals surface area contributed by atoms with Gasteiger partial charge in [-0.3, -0.25) is 0 Å². The van der Waals surface area contributed by atoms with E-state index >= 15 is 8.78 Å². The SMILES string of the molecule is C=Cc1ccc(Oc2ccc(C3(c4ccc(F)cc4)c4ccccc4-c4ccc(N(c5ccc(-c6ccc7cc8oc9ccccc9c8cc7c6)cc5)c5ccc6c(c5)C5(c7ccccc7-6)c6ccccc6-c6ccc(N(c7ccc(-c8ccc9cc%10oc%11ccccc%11c%10cc9c8)cc7)c7ccc8c(c7)C(c7ccc(F)cc7)(c7ccc(Oc9ccc(C=C)cc9)cc7)c7ccccc7-8)cc65)cc43)cc2)cc1. The van der Waals surface area contributed by atoms with E-state index in [2.05, 4.69) is 375 Å². The van der Waals surface area contributed by atoms with Crippen molar-refractivity contribution in [1.82, 2.24) is 0 Å². The zero-order valence-corrected chi connectivity index (χ0v) is 77.4. The fourth-order valence-corrected chi connectivity index (χ4v) is 24.1. The van der Waals surface area contributed by atoms with Gasteiger partial charge in [-0.15, -0.1) is 0 Å². The summed E-state index contributed by atoms with van der Waals surface area (Å²) >= 11 is 0. The van der Waals surface area contributed by atoms with E-state index in [0.29, 0.717) is 23.0 Å². The minimum absolute atomic E-state index is 0.320. The van der Waals surface area contributed by atoms with Crippen LogP contribution in [0.4, 0.5) is 42.9 Å². The molecule has 0 saturated carbocycles. The molecule has 0 N–H and O–H groups in total. The highest BCUT2D eigenvalue weighted by atomic mass is 19.1. The second-order valence-electron chi connectivity index (χ2n) is 37.9. The van der Waals surface area contributed by atoms with Gasteiger partial charge in [0.15, 0.2) is 0 Å². The van der Waals surface area contributed by atoms with Gasteiger partial charge in [-0.25, -0.2) is 8.78 Å². The van der Waals surface area contributed by atoms with E-state index in [1.165, 1.54) is 11.1 Å². The maximum absolute atomic E-state index is 15.9. The molecule has 8 heteroatoms. The topological polar surface area (TPSA) is 51.2 Å². The molecule has 24 aromatic rings. The summed E-state index contributed by atoms with van der Waals surface area (Å²) in [5.74, 6) is 2.13. The molecule has 672 valence electrons. The van der Waals surface area contributed by atoms with Crippen LogP contribution in [0.15, 0.2) is 495 Å². The van der Waals surface area contributed by atoms with E-state index in [4.69, 9.17) is 18.3 Å². The van der Waals surface area contributed by atoms with Crippen LogP contribution in [-0.4, -0.2) is 0 Å². The number of para-hydroxylation sites is 2. The average Bonchev–Trinajstić information content (AvgIpc) is 1.41. The average molecular weight is 1840 g/mol. The van der Waals surface area contributed by atoms with Crippen LogP contribution >= 0.6 is 0 Å². The highest BCUT2D eigenvalue weighted by Crippen LogP contribution is 2.66. The van der Waals surface area contributed by atoms with Crippen molar-refractivity contribution in [1.29, 1.82) is 0 Å². The third-order valence-electron chi connectivity index (χ3n) is 30.6. The van der Waals surface area contributed by atoms with Gasteiger partial charge in [0.05, 0.1) is 16.2 Å². The third kappa shape index (κ3) is 12.8. The monoisotopic (exact) mass is 1830 g/mol. The van der Waals surface area contributed by atoms with Crippen molar-refractivity contribution < 1.29 is 27.1 Å². The van der Waals surface area contributed by atoms with Crippen molar-refractivity contribution in [3.63, 3.8) is 0 Å². The number of nitrogens with zero attached hydrogens (tertiary/aromatic N) is 2. The Morgan fingerprint density at radius 3 is 0.832 bits per heavy atom. The number of anilines is 6. The molecular weight excluding hydrogens is 1750 g/mol. The van der Waals surface area contributed by atoms with Crippen LogP contribution in [0.1, 0.15) is 77.9 Å². The van der Waals surface area contributed by atoms with Gasteiger partial charge in [-0.05, 0) is 360 Å². The first-order valence-electron chi connectivity index (χ1n) is 48.5. The van der Waals surface area contributed by atoms with Crippen LogP contribution in [0.2, 0.25) is 0 Å². The minimum Gasteiger partial charge on any atom is -0.457 e. The number of hydrogen-bond acceptors (Lipinski definition) is 6. The first kappa shape index (κ1) is 82.7. The molecule has 2 heterocycles. The largest absolute Gasteiger partial charge is 0.457 e. The number of furan rings is 2. The molecule has 28 rings (SSSR count). The van der Waals surface area contributed by atoms with Crippen molar-refractivity contribution in [3.8, 4) is 89.8 Å². The van der Waals surface area contributed by atoms with Gasteiger partial charge in [-0.2, -0.15) is 0 Å². The molecule has 2 atom stereocenters. The van der Waals surface area contributed by atoms with Gasteiger partial charge in [0.2, 0.25) is 0 Å². The normalized spacial score (nSPS) is 15.3. The maximum Gasteiger partial charge on any atom is 0.136 e. The lowest BCUT2D eigenvalue weighted by molar-refractivity contribution is 0.482. The third-order valence-corrected chi connectivity index (χ3v) is 30.6. The predicted octanol–water partition coefficient (Wildman–Crippen LogP) is 36.3. The van der Waals surface area contributed by atoms with Crippen molar-refractivity contribution in [2.45, 2.75) is 16.2 Å². The Kier molecular flexibility index (Phi) is 18.7. The number of benzene rings is 22. The summed E-state index contributed by atoms with van der Waals surface area (Å²) in [7, 11) is 0.